The minimum atomic E-state index is -0.516. The van der Waals surface area contributed by atoms with Crippen molar-refractivity contribution in [3.63, 3.8) is 0 Å². The molecule has 1 unspecified atom stereocenters. The summed E-state index contributed by atoms with van der Waals surface area (Å²) in [6.07, 6.45) is 0.980. The van der Waals surface area contributed by atoms with Crippen LogP contribution in [0.4, 0.5) is 11.4 Å². The highest BCUT2D eigenvalue weighted by molar-refractivity contribution is 5.92. The van der Waals surface area contributed by atoms with Crippen molar-refractivity contribution in [1.82, 2.24) is 0 Å². The second-order valence-corrected chi connectivity index (χ2v) is 4.20. The number of nitrogens with zero attached hydrogens (tertiary/aromatic N) is 1. The molecule has 0 bridgehead atoms. The number of nitro benzene ring substituents is 1. The first-order valence-electron chi connectivity index (χ1n) is 5.78. The van der Waals surface area contributed by atoms with Crippen LogP contribution in [-0.4, -0.2) is 17.4 Å². The molecule has 6 nitrogen and oxygen atoms in total. The first-order chi connectivity index (χ1) is 8.54. The zero-order chi connectivity index (χ0) is 13.5. The van der Waals surface area contributed by atoms with Gasteiger partial charge >= 0.3 is 0 Å². The van der Waals surface area contributed by atoms with Crippen molar-refractivity contribution in [2.45, 2.75) is 19.8 Å². The van der Waals surface area contributed by atoms with E-state index in [9.17, 15) is 14.9 Å². The highest BCUT2D eigenvalue weighted by Gasteiger charge is 2.14. The molecule has 1 aromatic carbocycles. The van der Waals surface area contributed by atoms with Crippen LogP contribution in [0.5, 0.6) is 0 Å². The van der Waals surface area contributed by atoms with E-state index in [1.54, 1.807) is 12.1 Å². The van der Waals surface area contributed by atoms with Gasteiger partial charge in [0.15, 0.2) is 0 Å². The number of nitrogens with two attached hydrogens (primary N) is 1. The highest BCUT2D eigenvalue weighted by atomic mass is 16.6. The summed E-state index contributed by atoms with van der Waals surface area (Å²) in [5, 5.41) is 13.3. The Morgan fingerprint density at radius 1 is 1.50 bits per heavy atom. The monoisotopic (exact) mass is 251 g/mol. The minimum Gasteiger partial charge on any atom is -0.330 e. The minimum absolute atomic E-state index is 0.0993. The van der Waals surface area contributed by atoms with Gasteiger partial charge in [-0.25, -0.2) is 0 Å². The average Bonchev–Trinajstić information content (AvgIpc) is 2.36. The van der Waals surface area contributed by atoms with Crippen LogP contribution >= 0.6 is 0 Å². The zero-order valence-corrected chi connectivity index (χ0v) is 10.3. The fraction of sp³-hybridized carbons (Fsp3) is 0.417. The molecule has 0 radical (unpaired) electrons. The van der Waals surface area contributed by atoms with Gasteiger partial charge in [-0.1, -0.05) is 19.1 Å². The number of nitro groups is 1. The number of hydrogen-bond donors (Lipinski definition) is 2. The molecule has 18 heavy (non-hydrogen) atoms. The molecule has 1 amide bonds. The Labute approximate surface area is 105 Å². The summed E-state index contributed by atoms with van der Waals surface area (Å²) < 4.78 is 0. The highest BCUT2D eigenvalue weighted by Crippen LogP contribution is 2.23. The van der Waals surface area contributed by atoms with Gasteiger partial charge in [-0.05, 0) is 24.9 Å². The lowest BCUT2D eigenvalue weighted by Crippen LogP contribution is -2.16. The van der Waals surface area contributed by atoms with E-state index in [0.717, 1.165) is 0 Å². The van der Waals surface area contributed by atoms with E-state index in [0.29, 0.717) is 19.4 Å². The molecule has 1 rings (SSSR count). The number of benzene rings is 1. The second kappa shape index (κ2) is 6.70. The summed E-state index contributed by atoms with van der Waals surface area (Å²) in [4.78, 5) is 21.9. The predicted octanol–water partition coefficient (Wildman–Crippen LogP) is 1.91. The van der Waals surface area contributed by atoms with Crippen LogP contribution in [0.15, 0.2) is 24.3 Å². The summed E-state index contributed by atoms with van der Waals surface area (Å²) in [6, 6.07) is 6.08. The van der Waals surface area contributed by atoms with Crippen LogP contribution in [0.3, 0.4) is 0 Å². The van der Waals surface area contributed by atoms with Crippen molar-refractivity contribution in [3.8, 4) is 0 Å². The Bertz CT molecular complexity index is 434. The first kappa shape index (κ1) is 14.1. The Kier molecular flexibility index (Phi) is 5.26. The lowest BCUT2D eigenvalue weighted by molar-refractivity contribution is -0.383. The maximum Gasteiger partial charge on any atom is 0.292 e. The third-order valence-corrected chi connectivity index (χ3v) is 2.64. The fourth-order valence-corrected chi connectivity index (χ4v) is 1.45. The molecule has 0 saturated heterocycles. The molecular weight excluding hydrogens is 234 g/mol. The van der Waals surface area contributed by atoms with Crippen molar-refractivity contribution in [3.05, 3.63) is 34.4 Å². The number of rotatable bonds is 6. The fourth-order valence-electron chi connectivity index (χ4n) is 1.45. The van der Waals surface area contributed by atoms with E-state index >= 15 is 0 Å². The predicted molar refractivity (Wildman–Crippen MR) is 69.2 cm³/mol. The second-order valence-electron chi connectivity index (χ2n) is 4.20. The van der Waals surface area contributed by atoms with Gasteiger partial charge in [0.2, 0.25) is 5.91 Å². The molecule has 0 aliphatic heterocycles. The van der Waals surface area contributed by atoms with Crippen molar-refractivity contribution < 1.29 is 9.72 Å². The van der Waals surface area contributed by atoms with Crippen molar-refractivity contribution in [2.75, 3.05) is 11.9 Å². The van der Waals surface area contributed by atoms with Gasteiger partial charge in [0, 0.05) is 12.5 Å². The number of hydrogen-bond acceptors (Lipinski definition) is 4. The molecule has 3 N–H and O–H groups in total. The Hall–Kier alpha value is -1.95. The van der Waals surface area contributed by atoms with Crippen LogP contribution in [0.2, 0.25) is 0 Å². The Balaban J connectivity index is 2.62. The van der Waals surface area contributed by atoms with E-state index in [1.807, 2.05) is 6.92 Å². The summed E-state index contributed by atoms with van der Waals surface area (Å²) in [5.74, 6) is 0.0334. The summed E-state index contributed by atoms with van der Waals surface area (Å²) in [6.45, 7) is 2.48. The normalized spacial score (nSPS) is 11.9. The van der Waals surface area contributed by atoms with E-state index in [-0.39, 0.29) is 23.2 Å². The number of nitrogens with one attached hydrogen (secondary N) is 1. The average molecular weight is 251 g/mol. The van der Waals surface area contributed by atoms with Crippen LogP contribution in [0.1, 0.15) is 19.8 Å². The third-order valence-electron chi connectivity index (χ3n) is 2.64. The summed E-state index contributed by atoms with van der Waals surface area (Å²) in [7, 11) is 0. The first-order valence-corrected chi connectivity index (χ1v) is 5.78. The topological polar surface area (TPSA) is 98.3 Å². The van der Waals surface area contributed by atoms with Crippen LogP contribution in [-0.2, 0) is 4.79 Å². The standard InChI is InChI=1S/C12H17N3O3/c1-9(8-13)6-7-12(16)14-10-4-2-3-5-11(10)15(17)18/h2-5,9H,6-8,13H2,1H3,(H,14,16). The number of carbonyl (C=O) groups excluding carboxylic acids is 1. The van der Waals surface area contributed by atoms with Gasteiger partial charge in [0.1, 0.15) is 5.69 Å². The molecule has 98 valence electrons. The van der Waals surface area contributed by atoms with Gasteiger partial charge in [0.05, 0.1) is 4.92 Å². The van der Waals surface area contributed by atoms with Crippen molar-refractivity contribution in [1.29, 1.82) is 0 Å². The lowest BCUT2D eigenvalue weighted by Gasteiger charge is -2.08. The Morgan fingerprint density at radius 2 is 2.17 bits per heavy atom. The molecule has 0 fully saturated rings. The van der Waals surface area contributed by atoms with E-state index in [4.69, 9.17) is 5.73 Å². The maximum absolute atomic E-state index is 11.6. The van der Waals surface area contributed by atoms with Gasteiger partial charge in [-0.3, -0.25) is 14.9 Å². The number of para-hydroxylation sites is 2. The van der Waals surface area contributed by atoms with E-state index in [2.05, 4.69) is 5.32 Å². The number of anilines is 1. The molecule has 0 spiro atoms. The molecule has 6 heteroatoms. The zero-order valence-electron chi connectivity index (χ0n) is 10.3. The van der Waals surface area contributed by atoms with Crippen LogP contribution in [0, 0.1) is 16.0 Å². The molecule has 1 atom stereocenters. The largest absolute Gasteiger partial charge is 0.330 e. The number of carbonyl (C=O) groups is 1. The van der Waals surface area contributed by atoms with Crippen LogP contribution in [0.25, 0.3) is 0 Å². The Morgan fingerprint density at radius 3 is 2.78 bits per heavy atom. The lowest BCUT2D eigenvalue weighted by atomic mass is 10.1. The molecule has 0 saturated carbocycles. The van der Waals surface area contributed by atoms with Crippen LogP contribution < -0.4 is 11.1 Å². The van der Waals surface area contributed by atoms with E-state index in [1.165, 1.54) is 12.1 Å². The summed E-state index contributed by atoms with van der Waals surface area (Å²) >= 11 is 0. The molecule has 0 aromatic heterocycles. The molecule has 0 aliphatic carbocycles. The van der Waals surface area contributed by atoms with Crippen molar-refractivity contribution in [2.24, 2.45) is 11.7 Å². The molecule has 1 aromatic rings. The molecule has 0 heterocycles. The quantitative estimate of drug-likeness (QED) is 0.596. The maximum atomic E-state index is 11.6. The van der Waals surface area contributed by atoms with Gasteiger partial charge in [-0.2, -0.15) is 0 Å². The van der Waals surface area contributed by atoms with Gasteiger partial charge in [0.25, 0.3) is 5.69 Å². The third kappa shape index (κ3) is 4.14. The van der Waals surface area contributed by atoms with Gasteiger partial charge in [-0.15, -0.1) is 0 Å². The summed E-state index contributed by atoms with van der Waals surface area (Å²) in [5.41, 5.74) is 5.58. The molecule has 0 aliphatic rings. The smallest absolute Gasteiger partial charge is 0.292 e. The SMILES string of the molecule is CC(CN)CCC(=O)Nc1ccccc1[N+](=O)[O-]. The van der Waals surface area contributed by atoms with Crippen molar-refractivity contribution >= 4 is 17.3 Å². The number of amides is 1. The van der Waals surface area contributed by atoms with Gasteiger partial charge < -0.3 is 11.1 Å². The molecular formula is C12H17N3O3. The van der Waals surface area contributed by atoms with E-state index < -0.39 is 4.92 Å².